The maximum atomic E-state index is 10.8. The molecule has 0 unspecified atom stereocenters. The first-order valence-electron chi connectivity index (χ1n) is 4.17. The fraction of sp³-hybridized carbons (Fsp3) is 0.200. The Morgan fingerprint density at radius 1 is 1.46 bits per heavy atom. The van der Waals surface area contributed by atoms with Crippen molar-refractivity contribution in [3.8, 4) is 0 Å². The lowest BCUT2D eigenvalue weighted by Gasteiger charge is -2.11. The molecular formula is C10H9NO2. The minimum absolute atomic E-state index is 0.384. The molecule has 0 aliphatic carbocycles. The Labute approximate surface area is 75.7 Å². The van der Waals surface area contributed by atoms with E-state index in [9.17, 15) is 4.79 Å². The maximum absolute atomic E-state index is 10.8. The van der Waals surface area contributed by atoms with E-state index in [1.807, 2.05) is 12.3 Å². The van der Waals surface area contributed by atoms with Crippen LogP contribution >= 0.6 is 0 Å². The van der Waals surface area contributed by atoms with Gasteiger partial charge in [0.25, 0.3) is 0 Å². The van der Waals surface area contributed by atoms with Crippen molar-refractivity contribution < 1.29 is 9.90 Å². The number of nitrogens with zero attached hydrogens (tertiary/aromatic N) is 1. The second-order valence-corrected chi connectivity index (χ2v) is 2.96. The van der Waals surface area contributed by atoms with Crippen LogP contribution in [0.4, 0.5) is 5.69 Å². The largest absolute Gasteiger partial charge is 0.478 e. The third kappa shape index (κ3) is 1.33. The highest BCUT2D eigenvalue weighted by Gasteiger charge is 2.14. The van der Waals surface area contributed by atoms with Crippen molar-refractivity contribution in [2.24, 2.45) is 4.99 Å². The lowest BCUT2D eigenvalue weighted by Crippen LogP contribution is -2.05. The number of fused-ring (bicyclic) bond motifs is 1. The average molecular weight is 175 g/mol. The number of rotatable bonds is 1. The number of hydrogen-bond acceptors (Lipinski definition) is 2. The number of aliphatic imine (C=N–C) groups is 1. The minimum atomic E-state index is -0.867. The first-order valence-corrected chi connectivity index (χ1v) is 4.17. The lowest BCUT2D eigenvalue weighted by atomic mass is 9.99. The second kappa shape index (κ2) is 3.01. The Balaban J connectivity index is 2.59. The zero-order valence-electron chi connectivity index (χ0n) is 7.03. The third-order valence-corrected chi connectivity index (χ3v) is 2.14. The van der Waals surface area contributed by atoms with Crippen molar-refractivity contribution in [2.45, 2.75) is 12.8 Å². The van der Waals surface area contributed by atoms with Crippen LogP contribution in [0.15, 0.2) is 23.2 Å². The van der Waals surface area contributed by atoms with Gasteiger partial charge in [-0.25, -0.2) is 4.79 Å². The summed E-state index contributed by atoms with van der Waals surface area (Å²) in [5, 5.41) is 8.89. The van der Waals surface area contributed by atoms with Crippen molar-refractivity contribution in [3.05, 3.63) is 29.3 Å². The number of aromatic carboxylic acids is 1. The van der Waals surface area contributed by atoms with Gasteiger partial charge in [0.1, 0.15) is 0 Å². The van der Waals surface area contributed by atoms with Crippen molar-refractivity contribution in [1.29, 1.82) is 0 Å². The van der Waals surface area contributed by atoms with Crippen molar-refractivity contribution in [2.75, 3.05) is 0 Å². The number of benzene rings is 1. The van der Waals surface area contributed by atoms with Gasteiger partial charge in [0.05, 0.1) is 11.3 Å². The summed E-state index contributed by atoms with van der Waals surface area (Å²) in [6.45, 7) is 0. The first-order chi connectivity index (χ1) is 6.29. The summed E-state index contributed by atoms with van der Waals surface area (Å²) < 4.78 is 0. The Morgan fingerprint density at radius 3 is 3.08 bits per heavy atom. The van der Waals surface area contributed by atoms with E-state index >= 15 is 0 Å². The molecule has 3 nitrogen and oxygen atoms in total. The fourth-order valence-electron chi connectivity index (χ4n) is 1.53. The highest BCUT2D eigenvalue weighted by molar-refractivity contribution is 5.92. The molecule has 1 heterocycles. The molecule has 0 bridgehead atoms. The zero-order valence-corrected chi connectivity index (χ0v) is 7.03. The van der Waals surface area contributed by atoms with Crippen LogP contribution in [0.3, 0.4) is 0 Å². The number of carboxylic acid groups (broad SMARTS) is 1. The molecule has 3 heteroatoms. The van der Waals surface area contributed by atoms with Gasteiger partial charge in [0.15, 0.2) is 0 Å². The molecule has 1 aromatic rings. The standard InChI is InChI=1S/C10H9NO2/c12-10(13)8-3-1-5-9-7(8)4-2-6-11-9/h1,3,5-6H,2,4H2,(H,12,13). The molecular weight excluding hydrogens is 166 g/mol. The van der Waals surface area contributed by atoms with E-state index in [1.54, 1.807) is 12.1 Å². The van der Waals surface area contributed by atoms with Crippen LogP contribution in [0.2, 0.25) is 0 Å². The molecule has 1 aliphatic heterocycles. The minimum Gasteiger partial charge on any atom is -0.478 e. The van der Waals surface area contributed by atoms with Crippen LogP contribution in [0, 0.1) is 0 Å². The van der Waals surface area contributed by atoms with E-state index in [2.05, 4.69) is 4.99 Å². The molecule has 0 saturated carbocycles. The van der Waals surface area contributed by atoms with Gasteiger partial charge in [-0.05, 0) is 30.5 Å². The summed E-state index contributed by atoms with van der Waals surface area (Å²) in [7, 11) is 0. The lowest BCUT2D eigenvalue weighted by molar-refractivity contribution is 0.0695. The van der Waals surface area contributed by atoms with Crippen LogP contribution in [0.25, 0.3) is 0 Å². The van der Waals surface area contributed by atoms with Crippen LogP contribution in [-0.2, 0) is 6.42 Å². The quantitative estimate of drug-likeness (QED) is 0.709. The molecule has 1 aliphatic rings. The van der Waals surface area contributed by atoms with Crippen LogP contribution in [0.5, 0.6) is 0 Å². The Bertz CT molecular complexity index is 383. The zero-order chi connectivity index (χ0) is 9.26. The topological polar surface area (TPSA) is 49.7 Å². The van der Waals surface area contributed by atoms with Crippen LogP contribution < -0.4 is 0 Å². The van der Waals surface area contributed by atoms with Gasteiger partial charge in [0, 0.05) is 6.21 Å². The molecule has 2 rings (SSSR count). The van der Waals surface area contributed by atoms with Gasteiger partial charge in [-0.1, -0.05) is 6.07 Å². The average Bonchev–Trinajstić information content (AvgIpc) is 2.17. The predicted molar refractivity (Wildman–Crippen MR) is 49.9 cm³/mol. The van der Waals surface area contributed by atoms with Crippen molar-refractivity contribution >= 4 is 17.9 Å². The fourth-order valence-corrected chi connectivity index (χ4v) is 1.53. The summed E-state index contributed by atoms with van der Waals surface area (Å²) in [5.41, 5.74) is 2.04. The maximum Gasteiger partial charge on any atom is 0.336 e. The van der Waals surface area contributed by atoms with E-state index in [0.717, 1.165) is 24.1 Å². The summed E-state index contributed by atoms with van der Waals surface area (Å²) in [4.78, 5) is 15.0. The number of hydrogen-bond donors (Lipinski definition) is 1. The number of carbonyl (C=O) groups is 1. The highest BCUT2D eigenvalue weighted by atomic mass is 16.4. The molecule has 66 valence electrons. The van der Waals surface area contributed by atoms with Crippen molar-refractivity contribution in [1.82, 2.24) is 0 Å². The highest BCUT2D eigenvalue weighted by Crippen LogP contribution is 2.26. The monoisotopic (exact) mass is 175 g/mol. The molecule has 0 atom stereocenters. The summed E-state index contributed by atoms with van der Waals surface area (Å²) in [6, 6.07) is 5.20. The molecule has 0 fully saturated rings. The molecule has 0 amide bonds. The Hall–Kier alpha value is -1.64. The third-order valence-electron chi connectivity index (χ3n) is 2.14. The van der Waals surface area contributed by atoms with Gasteiger partial charge in [-0.15, -0.1) is 0 Å². The molecule has 0 radical (unpaired) electrons. The van der Waals surface area contributed by atoms with Gasteiger partial charge < -0.3 is 5.11 Å². The molecule has 0 aromatic heterocycles. The smallest absolute Gasteiger partial charge is 0.336 e. The SMILES string of the molecule is O=C(O)c1cccc2c1CCC=N2. The number of carboxylic acids is 1. The van der Waals surface area contributed by atoms with Crippen molar-refractivity contribution in [3.63, 3.8) is 0 Å². The van der Waals surface area contributed by atoms with Crippen LogP contribution in [0.1, 0.15) is 22.3 Å². The first kappa shape index (κ1) is 7.98. The van der Waals surface area contributed by atoms with Gasteiger partial charge in [0.2, 0.25) is 0 Å². The predicted octanol–water partition coefficient (Wildman–Crippen LogP) is 2.03. The summed E-state index contributed by atoms with van der Waals surface area (Å²) >= 11 is 0. The van der Waals surface area contributed by atoms with Gasteiger partial charge >= 0.3 is 5.97 Å². The summed E-state index contributed by atoms with van der Waals surface area (Å²) in [6.07, 6.45) is 3.44. The van der Waals surface area contributed by atoms with Gasteiger partial charge in [-0.3, -0.25) is 4.99 Å². The van der Waals surface area contributed by atoms with E-state index in [0.29, 0.717) is 5.56 Å². The Morgan fingerprint density at radius 2 is 2.31 bits per heavy atom. The molecule has 13 heavy (non-hydrogen) atoms. The van der Waals surface area contributed by atoms with Crippen LogP contribution in [-0.4, -0.2) is 17.3 Å². The molecule has 1 N–H and O–H groups in total. The Kier molecular flexibility index (Phi) is 1.85. The second-order valence-electron chi connectivity index (χ2n) is 2.96. The molecule has 0 saturated heterocycles. The van der Waals surface area contributed by atoms with Gasteiger partial charge in [-0.2, -0.15) is 0 Å². The van der Waals surface area contributed by atoms with E-state index < -0.39 is 5.97 Å². The normalized spacial score (nSPS) is 13.8. The van der Waals surface area contributed by atoms with E-state index in [1.165, 1.54) is 0 Å². The molecule has 1 aromatic carbocycles. The van der Waals surface area contributed by atoms with E-state index in [4.69, 9.17) is 5.11 Å². The van der Waals surface area contributed by atoms with E-state index in [-0.39, 0.29) is 0 Å². The summed E-state index contributed by atoms with van der Waals surface area (Å²) in [5.74, 6) is -0.867. The molecule has 0 spiro atoms.